The quantitative estimate of drug-likeness (QED) is 0.173. The molecular formula is C39H64O10. The molecule has 2 rings (SSSR count). The van der Waals surface area contributed by atoms with Gasteiger partial charge in [-0.25, -0.2) is 4.79 Å². The molecule has 5 N–H and O–H groups in total. The van der Waals surface area contributed by atoms with Gasteiger partial charge in [-0.2, -0.15) is 0 Å². The van der Waals surface area contributed by atoms with E-state index in [0.29, 0.717) is 18.4 Å². The van der Waals surface area contributed by atoms with E-state index in [0.717, 1.165) is 5.57 Å². The van der Waals surface area contributed by atoms with Gasteiger partial charge in [0.15, 0.2) is 5.79 Å². The first-order chi connectivity index (χ1) is 23.0. The van der Waals surface area contributed by atoms with Gasteiger partial charge in [-0.15, -0.1) is 0 Å². The molecule has 0 aromatic carbocycles. The predicted molar refractivity (Wildman–Crippen MR) is 190 cm³/mol. The number of carbonyl (C=O) groups excluding carboxylic acids is 1. The Labute approximate surface area is 294 Å². The third kappa shape index (κ3) is 11.1. The molecule has 2 heterocycles. The van der Waals surface area contributed by atoms with Crippen LogP contribution in [-0.2, 0) is 23.7 Å². The Kier molecular flexibility index (Phi) is 16.9. The maximum absolute atomic E-state index is 13.7. The maximum atomic E-state index is 13.7. The lowest BCUT2D eigenvalue weighted by molar-refractivity contribution is -0.313. The van der Waals surface area contributed by atoms with Crippen LogP contribution in [0.5, 0.6) is 0 Å². The minimum Gasteiger partial charge on any atom is -0.490 e. The van der Waals surface area contributed by atoms with Crippen LogP contribution < -0.4 is 0 Å². The fraction of sp³-hybridized carbons (Fsp3) is 0.718. The number of methoxy groups -OCH3 is 2. The molecule has 280 valence electrons. The molecule has 0 aromatic rings. The molecule has 1 saturated heterocycles. The van der Waals surface area contributed by atoms with Crippen LogP contribution in [0.2, 0.25) is 0 Å². The number of hydrogen-bond donors (Lipinski definition) is 5. The fourth-order valence-corrected chi connectivity index (χ4v) is 7.18. The first-order valence-corrected chi connectivity index (χ1v) is 17.7. The molecule has 0 spiro atoms. The largest absolute Gasteiger partial charge is 0.490 e. The van der Waals surface area contributed by atoms with E-state index in [4.69, 9.17) is 18.9 Å². The summed E-state index contributed by atoms with van der Waals surface area (Å²) in [4.78, 5) is 13.7. The van der Waals surface area contributed by atoms with E-state index >= 15 is 0 Å². The maximum Gasteiger partial charge on any atom is 0.373 e. The van der Waals surface area contributed by atoms with Crippen molar-refractivity contribution in [2.45, 2.75) is 130 Å². The van der Waals surface area contributed by atoms with E-state index in [9.17, 15) is 30.3 Å². The number of aliphatic hydroxyl groups excluding tert-OH is 4. The van der Waals surface area contributed by atoms with E-state index in [1.807, 2.05) is 53.7 Å². The highest BCUT2D eigenvalue weighted by Gasteiger charge is 2.50. The minimum absolute atomic E-state index is 0.0906. The minimum atomic E-state index is -1.86. The summed E-state index contributed by atoms with van der Waals surface area (Å²) in [6.45, 7) is 16.6. The van der Waals surface area contributed by atoms with Crippen molar-refractivity contribution in [2.24, 2.45) is 35.5 Å². The molecule has 0 radical (unpaired) electrons. The van der Waals surface area contributed by atoms with Crippen molar-refractivity contribution in [1.29, 1.82) is 0 Å². The monoisotopic (exact) mass is 692 g/mol. The molecule has 1 unspecified atom stereocenters. The number of rotatable bonds is 8. The summed E-state index contributed by atoms with van der Waals surface area (Å²) >= 11 is 0. The topological polar surface area (TPSA) is 155 Å². The summed E-state index contributed by atoms with van der Waals surface area (Å²) in [6.07, 6.45) is 7.35. The Bertz CT molecular complexity index is 1210. The zero-order valence-corrected chi connectivity index (χ0v) is 31.4. The Morgan fingerprint density at radius 2 is 1.76 bits per heavy atom. The summed E-state index contributed by atoms with van der Waals surface area (Å²) in [5.74, 6) is -5.49. The standard InChI is InChI=1S/C39H64O10/c1-12-15-31-26(7)30(40)21-39(45,49-31)28(9)36(43)27(8)37-32(46-10)17-14-16-22(3)18-24(5)34(41)29(13-2)35(42)25(6)19-23(4)20-33(47-11)38(44)48-37/h12,14-17,19-20,24-32,34-37,40-43,45H,13,18,21H2,1-11H3/b15-12+,17-14+,22-16+,23-19+,33-20+/t24-,25-,26+,27+,28+,29+,30-,31-,32+,34+,35-,36-,37?,39-/m1/s1. The van der Waals surface area contributed by atoms with Crippen LogP contribution in [0.15, 0.2) is 59.4 Å². The Balaban J connectivity index is 2.59. The summed E-state index contributed by atoms with van der Waals surface area (Å²) in [7, 11) is 2.84. The number of cyclic esters (lactones) is 1. The van der Waals surface area contributed by atoms with Gasteiger partial charge in [0.25, 0.3) is 0 Å². The first kappa shape index (κ1) is 42.9. The van der Waals surface area contributed by atoms with E-state index in [2.05, 4.69) is 0 Å². The second kappa shape index (κ2) is 19.3. The van der Waals surface area contributed by atoms with Crippen LogP contribution in [0.3, 0.4) is 0 Å². The normalized spacial score (nSPS) is 41.8. The summed E-state index contributed by atoms with van der Waals surface area (Å²) in [5.41, 5.74) is 1.64. The average molecular weight is 693 g/mol. The van der Waals surface area contributed by atoms with Gasteiger partial charge in [0.2, 0.25) is 5.76 Å². The van der Waals surface area contributed by atoms with Gasteiger partial charge in [-0.05, 0) is 45.6 Å². The lowest BCUT2D eigenvalue weighted by Gasteiger charge is -2.47. The first-order valence-electron chi connectivity index (χ1n) is 17.7. The highest BCUT2D eigenvalue weighted by atomic mass is 16.6. The zero-order chi connectivity index (χ0) is 37.2. The van der Waals surface area contributed by atoms with E-state index in [1.54, 1.807) is 45.1 Å². The van der Waals surface area contributed by atoms with E-state index < -0.39 is 66.3 Å². The number of carbonyl (C=O) groups is 1. The van der Waals surface area contributed by atoms with Gasteiger partial charge in [-0.3, -0.25) is 0 Å². The van der Waals surface area contributed by atoms with Crippen molar-refractivity contribution in [3.63, 3.8) is 0 Å². The second-order valence-electron chi connectivity index (χ2n) is 14.4. The van der Waals surface area contributed by atoms with Crippen molar-refractivity contribution >= 4 is 5.97 Å². The third-order valence-corrected chi connectivity index (χ3v) is 10.6. The predicted octanol–water partition coefficient (Wildman–Crippen LogP) is 5.00. The molecule has 2 aliphatic rings. The molecule has 0 aliphatic carbocycles. The molecule has 0 amide bonds. The number of esters is 1. The van der Waals surface area contributed by atoms with Crippen LogP contribution in [0.1, 0.15) is 81.6 Å². The van der Waals surface area contributed by atoms with Crippen LogP contribution in [0.25, 0.3) is 0 Å². The van der Waals surface area contributed by atoms with E-state index in [1.165, 1.54) is 20.3 Å². The molecular weight excluding hydrogens is 628 g/mol. The smallest absolute Gasteiger partial charge is 0.373 e. The molecule has 0 bridgehead atoms. The second-order valence-corrected chi connectivity index (χ2v) is 14.4. The van der Waals surface area contributed by atoms with Gasteiger partial charge in [0.05, 0.1) is 37.6 Å². The van der Waals surface area contributed by atoms with Gasteiger partial charge >= 0.3 is 5.97 Å². The molecule has 10 heteroatoms. The average Bonchev–Trinajstić information content (AvgIpc) is 3.05. The van der Waals surface area contributed by atoms with Crippen LogP contribution in [0.4, 0.5) is 0 Å². The Morgan fingerprint density at radius 1 is 1.10 bits per heavy atom. The molecule has 10 nitrogen and oxygen atoms in total. The lowest BCUT2D eigenvalue weighted by atomic mass is 9.77. The van der Waals surface area contributed by atoms with Crippen LogP contribution >= 0.6 is 0 Å². The molecule has 1 fully saturated rings. The summed E-state index contributed by atoms with van der Waals surface area (Å²) in [5, 5.41) is 56.7. The highest BCUT2D eigenvalue weighted by molar-refractivity contribution is 5.87. The Morgan fingerprint density at radius 3 is 2.33 bits per heavy atom. The van der Waals surface area contributed by atoms with Crippen molar-refractivity contribution in [2.75, 3.05) is 14.2 Å². The fourth-order valence-electron chi connectivity index (χ4n) is 7.18. The van der Waals surface area contributed by atoms with Crippen molar-refractivity contribution in [3.05, 3.63) is 59.4 Å². The number of allylic oxidation sites excluding steroid dienone is 6. The summed E-state index contributed by atoms with van der Waals surface area (Å²) in [6, 6.07) is 0. The van der Waals surface area contributed by atoms with Crippen LogP contribution in [0, 0.1) is 35.5 Å². The van der Waals surface area contributed by atoms with Gasteiger partial charge in [0.1, 0.15) is 12.2 Å². The van der Waals surface area contributed by atoms with Crippen molar-refractivity contribution < 1.29 is 49.3 Å². The lowest BCUT2D eigenvalue weighted by Crippen LogP contribution is -2.58. The molecule has 49 heavy (non-hydrogen) atoms. The van der Waals surface area contributed by atoms with Crippen molar-refractivity contribution in [3.8, 4) is 0 Å². The molecule has 2 aliphatic heterocycles. The molecule has 0 saturated carbocycles. The third-order valence-electron chi connectivity index (χ3n) is 10.6. The van der Waals surface area contributed by atoms with E-state index in [-0.39, 0.29) is 35.9 Å². The van der Waals surface area contributed by atoms with Gasteiger partial charge in [0, 0.05) is 43.1 Å². The molecule has 0 aromatic heterocycles. The number of hydrogen-bond acceptors (Lipinski definition) is 10. The number of aliphatic hydroxyl groups is 5. The van der Waals surface area contributed by atoms with Gasteiger partial charge in [-0.1, -0.05) is 89.1 Å². The summed E-state index contributed by atoms with van der Waals surface area (Å²) < 4.78 is 23.4. The van der Waals surface area contributed by atoms with Crippen LogP contribution in [-0.4, -0.2) is 94.2 Å². The Hall–Kier alpha value is -2.31. The molecule has 14 atom stereocenters. The van der Waals surface area contributed by atoms with Gasteiger partial charge < -0.3 is 44.5 Å². The highest BCUT2D eigenvalue weighted by Crippen LogP contribution is 2.40. The SMILES string of the molecule is C/C=C/[C@H]1O[C@@](O)([C@@H](C)[C@H](O)[C@H](C)C2OC(=O)/C(OC)=C\C(C)=C\[C@@H](C)[C@@H](O)[C@@H](CC)[C@@H](O)[C@H](C)C/C(C)=C/C=C/[C@@H]2OC)C[C@@H](O)[C@@H]1C. The number of ether oxygens (including phenoxy) is 4. The van der Waals surface area contributed by atoms with Crippen molar-refractivity contribution in [1.82, 2.24) is 0 Å². The zero-order valence-electron chi connectivity index (χ0n) is 31.4.